The maximum absolute atomic E-state index is 5.85. The van der Waals surface area contributed by atoms with Crippen LogP contribution in [0.3, 0.4) is 0 Å². The van der Waals surface area contributed by atoms with Gasteiger partial charge in [0.25, 0.3) is 0 Å². The third-order valence-electron chi connectivity index (χ3n) is 3.69. The minimum atomic E-state index is 0.386. The second kappa shape index (κ2) is 4.57. The molecule has 0 amide bonds. The minimum Gasteiger partial charge on any atom is -0.335 e. The number of nitrogens with two attached hydrogens (primary N) is 1. The molecule has 1 fully saturated rings. The first-order valence-corrected chi connectivity index (χ1v) is 6.58. The third kappa shape index (κ3) is 1.84. The smallest absolute Gasteiger partial charge is 0.245 e. The van der Waals surface area contributed by atoms with Gasteiger partial charge in [-0.15, -0.1) is 5.10 Å². The van der Waals surface area contributed by atoms with Crippen LogP contribution in [-0.4, -0.2) is 33.7 Å². The van der Waals surface area contributed by atoms with Crippen LogP contribution in [0, 0.1) is 6.92 Å². The quantitative estimate of drug-likeness (QED) is 0.867. The van der Waals surface area contributed by atoms with Crippen LogP contribution in [0.4, 0.5) is 5.95 Å². The Bertz CT molecular complexity index is 547. The predicted octanol–water partition coefficient (Wildman–Crippen LogP) is 1.36. The molecular formula is C13H19N5. The van der Waals surface area contributed by atoms with Gasteiger partial charge in [0.05, 0.1) is 0 Å². The average Bonchev–Trinajstić information content (AvgIpc) is 2.84. The third-order valence-corrected chi connectivity index (χ3v) is 3.69. The number of aromatic nitrogens is 3. The van der Waals surface area contributed by atoms with E-state index >= 15 is 0 Å². The van der Waals surface area contributed by atoms with Crippen LogP contribution in [0.1, 0.15) is 25.0 Å². The van der Waals surface area contributed by atoms with Crippen molar-refractivity contribution in [1.29, 1.82) is 0 Å². The molecule has 1 atom stereocenters. The Balaban J connectivity index is 2.00. The highest BCUT2D eigenvalue weighted by molar-refractivity contribution is 5.46. The molecule has 0 aromatic carbocycles. The molecule has 0 radical (unpaired) electrons. The molecule has 0 spiro atoms. The highest BCUT2D eigenvalue weighted by Gasteiger charge is 2.24. The number of anilines is 1. The van der Waals surface area contributed by atoms with Crippen molar-refractivity contribution in [2.45, 2.75) is 32.2 Å². The van der Waals surface area contributed by atoms with E-state index in [4.69, 9.17) is 5.73 Å². The summed E-state index contributed by atoms with van der Waals surface area (Å²) in [5.41, 5.74) is 7.86. The summed E-state index contributed by atoms with van der Waals surface area (Å²) in [5, 5.41) is 4.61. The minimum absolute atomic E-state index is 0.386. The van der Waals surface area contributed by atoms with Crippen molar-refractivity contribution >= 4 is 11.6 Å². The Hall–Kier alpha value is -1.62. The van der Waals surface area contributed by atoms with E-state index in [2.05, 4.69) is 15.0 Å². The van der Waals surface area contributed by atoms with E-state index in [0.717, 1.165) is 30.3 Å². The van der Waals surface area contributed by atoms with Crippen LogP contribution in [-0.2, 0) is 0 Å². The summed E-state index contributed by atoms with van der Waals surface area (Å²) >= 11 is 0. The van der Waals surface area contributed by atoms with Gasteiger partial charge in [-0.25, -0.2) is 4.52 Å². The van der Waals surface area contributed by atoms with Gasteiger partial charge in [0, 0.05) is 24.8 Å². The van der Waals surface area contributed by atoms with Crippen LogP contribution in [0.25, 0.3) is 5.65 Å². The van der Waals surface area contributed by atoms with Crippen LogP contribution in [0.2, 0.25) is 0 Å². The molecule has 5 nitrogen and oxygen atoms in total. The van der Waals surface area contributed by atoms with Crippen molar-refractivity contribution in [1.82, 2.24) is 14.6 Å². The molecule has 1 unspecified atom stereocenters. The largest absolute Gasteiger partial charge is 0.335 e. The zero-order valence-electron chi connectivity index (χ0n) is 10.7. The Morgan fingerprint density at radius 1 is 1.39 bits per heavy atom. The molecular weight excluding hydrogens is 226 g/mol. The monoisotopic (exact) mass is 245 g/mol. The van der Waals surface area contributed by atoms with Gasteiger partial charge >= 0.3 is 0 Å². The fourth-order valence-corrected chi connectivity index (χ4v) is 2.65. The number of nitrogens with zero attached hydrogens (tertiary/aromatic N) is 4. The molecule has 2 aromatic heterocycles. The lowest BCUT2D eigenvalue weighted by molar-refractivity contribution is 0.458. The van der Waals surface area contributed by atoms with Gasteiger partial charge in [0.2, 0.25) is 5.95 Å². The van der Waals surface area contributed by atoms with Gasteiger partial charge < -0.3 is 10.6 Å². The summed E-state index contributed by atoms with van der Waals surface area (Å²) in [6, 6.07) is 6.43. The molecule has 3 heterocycles. The second-order valence-corrected chi connectivity index (χ2v) is 4.93. The van der Waals surface area contributed by atoms with E-state index in [-0.39, 0.29) is 0 Å². The molecule has 5 heteroatoms. The average molecular weight is 245 g/mol. The SMILES string of the molecule is Cc1cccc2nc(N3CCCCC3CN)nn12. The van der Waals surface area contributed by atoms with Crippen LogP contribution < -0.4 is 10.6 Å². The number of hydrogen-bond donors (Lipinski definition) is 1. The highest BCUT2D eigenvalue weighted by Crippen LogP contribution is 2.22. The first kappa shape index (κ1) is 11.5. The van der Waals surface area contributed by atoms with Crippen molar-refractivity contribution in [3.8, 4) is 0 Å². The maximum Gasteiger partial charge on any atom is 0.245 e. The first-order chi connectivity index (χ1) is 8.79. The molecule has 96 valence electrons. The van der Waals surface area contributed by atoms with E-state index in [1.54, 1.807) is 0 Å². The molecule has 1 aliphatic rings. The molecule has 1 aliphatic heterocycles. The lowest BCUT2D eigenvalue weighted by atomic mass is 10.0. The van der Waals surface area contributed by atoms with E-state index in [0.29, 0.717) is 12.6 Å². The molecule has 3 rings (SSSR count). The summed E-state index contributed by atoms with van der Waals surface area (Å²) in [5.74, 6) is 0.819. The Morgan fingerprint density at radius 2 is 2.28 bits per heavy atom. The van der Waals surface area contributed by atoms with E-state index in [9.17, 15) is 0 Å². The summed E-state index contributed by atoms with van der Waals surface area (Å²) in [6.07, 6.45) is 3.60. The van der Waals surface area contributed by atoms with Crippen molar-refractivity contribution < 1.29 is 0 Å². The Labute approximate surface area is 107 Å². The first-order valence-electron chi connectivity index (χ1n) is 6.58. The van der Waals surface area contributed by atoms with Gasteiger partial charge in [-0.1, -0.05) is 6.07 Å². The van der Waals surface area contributed by atoms with Crippen molar-refractivity contribution in [3.63, 3.8) is 0 Å². The molecule has 1 saturated heterocycles. The van der Waals surface area contributed by atoms with Crippen LogP contribution in [0.15, 0.2) is 18.2 Å². The van der Waals surface area contributed by atoms with Crippen LogP contribution in [0.5, 0.6) is 0 Å². The zero-order chi connectivity index (χ0) is 12.5. The normalized spacial score (nSPS) is 20.6. The number of pyridine rings is 1. The number of rotatable bonds is 2. The zero-order valence-corrected chi connectivity index (χ0v) is 10.7. The molecule has 0 bridgehead atoms. The van der Waals surface area contributed by atoms with Crippen molar-refractivity contribution in [3.05, 3.63) is 23.9 Å². The number of aryl methyl sites for hydroxylation is 1. The number of piperidine rings is 1. The summed E-state index contributed by atoms with van der Waals surface area (Å²) < 4.78 is 1.90. The Kier molecular flexibility index (Phi) is 2.91. The van der Waals surface area contributed by atoms with Gasteiger partial charge in [-0.3, -0.25) is 0 Å². The topological polar surface area (TPSA) is 59.5 Å². The standard InChI is InChI=1S/C13H19N5/c1-10-5-4-7-12-15-13(16-18(10)12)17-8-3-2-6-11(17)9-14/h4-5,7,11H,2-3,6,8-9,14H2,1H3. The van der Waals surface area contributed by atoms with Gasteiger partial charge in [0.1, 0.15) is 0 Å². The van der Waals surface area contributed by atoms with Gasteiger partial charge in [0.15, 0.2) is 5.65 Å². The fourth-order valence-electron chi connectivity index (χ4n) is 2.65. The summed E-state index contributed by atoms with van der Waals surface area (Å²) in [6.45, 7) is 3.73. The molecule has 0 saturated carbocycles. The van der Waals surface area contributed by atoms with Gasteiger partial charge in [-0.05, 0) is 38.3 Å². The lowest BCUT2D eigenvalue weighted by Crippen LogP contribution is -2.44. The lowest BCUT2D eigenvalue weighted by Gasteiger charge is -2.33. The maximum atomic E-state index is 5.85. The second-order valence-electron chi connectivity index (χ2n) is 4.93. The van der Waals surface area contributed by atoms with Crippen molar-refractivity contribution in [2.24, 2.45) is 5.73 Å². The number of hydrogen-bond acceptors (Lipinski definition) is 4. The fraction of sp³-hybridized carbons (Fsp3) is 0.538. The van der Waals surface area contributed by atoms with E-state index < -0.39 is 0 Å². The van der Waals surface area contributed by atoms with E-state index in [1.807, 2.05) is 29.6 Å². The highest BCUT2D eigenvalue weighted by atomic mass is 15.4. The Morgan fingerprint density at radius 3 is 3.06 bits per heavy atom. The van der Waals surface area contributed by atoms with Gasteiger partial charge in [-0.2, -0.15) is 4.98 Å². The molecule has 2 N–H and O–H groups in total. The van der Waals surface area contributed by atoms with Crippen LogP contribution >= 0.6 is 0 Å². The summed E-state index contributed by atoms with van der Waals surface area (Å²) in [4.78, 5) is 6.88. The molecule has 18 heavy (non-hydrogen) atoms. The summed E-state index contributed by atoms with van der Waals surface area (Å²) in [7, 11) is 0. The molecule has 0 aliphatic carbocycles. The van der Waals surface area contributed by atoms with Crippen molar-refractivity contribution in [2.75, 3.05) is 18.0 Å². The molecule has 2 aromatic rings. The van der Waals surface area contributed by atoms with E-state index in [1.165, 1.54) is 12.8 Å². The number of fused-ring (bicyclic) bond motifs is 1. The predicted molar refractivity (Wildman–Crippen MR) is 71.8 cm³/mol.